The van der Waals surface area contributed by atoms with E-state index in [1.165, 1.54) is 13.2 Å². The minimum atomic E-state index is -0.783. The smallest absolute Gasteiger partial charge is 0.185 e. The third-order valence-electron chi connectivity index (χ3n) is 8.70. The van der Waals surface area contributed by atoms with Crippen LogP contribution >= 0.6 is 0 Å². The Balaban J connectivity index is 1.60. The molecule has 218 valence electrons. The van der Waals surface area contributed by atoms with Crippen LogP contribution < -0.4 is 20.9 Å². The lowest BCUT2D eigenvalue weighted by atomic mass is 9.76. The number of phenolic OH excluding ortho intramolecular Hbond substituents is 2. The third kappa shape index (κ3) is 6.08. The number of aromatic hydroxyl groups is 2. The number of aliphatic hydroxyl groups is 1. The van der Waals surface area contributed by atoms with Crippen molar-refractivity contribution in [3.05, 3.63) is 46.0 Å². The van der Waals surface area contributed by atoms with Gasteiger partial charge in [0.05, 0.1) is 25.4 Å². The van der Waals surface area contributed by atoms with Gasteiger partial charge in [0.2, 0.25) is 0 Å². The Hall–Kier alpha value is -3.90. The molecule has 2 aromatic carbocycles. The highest BCUT2D eigenvalue weighted by atomic mass is 16.5. The number of nitrogens with zero attached hydrogens (tertiary/aromatic N) is 1. The van der Waals surface area contributed by atoms with Gasteiger partial charge in [-0.1, -0.05) is 30.4 Å². The molecule has 1 aliphatic heterocycles. The summed E-state index contributed by atoms with van der Waals surface area (Å²) in [7, 11) is 1.47. The number of fused-ring (bicyclic) bond motifs is 2. The largest absolute Gasteiger partial charge is 0.504 e. The van der Waals surface area contributed by atoms with E-state index in [2.05, 4.69) is 16.8 Å². The monoisotopic (exact) mass is 561 g/mol. The Bertz CT molecular complexity index is 1400. The standard InChI is InChI=1S/C32H39N3O6/c1-40-30-25-7-3-5-20-15-26-19(14-23(37)16-22(36)10-8-18(25)9-11-27(30)38)4-2-6-24-21(12-13-35-32(33)34)17-41-31(28(24)26)29(20)39/h9,11,15,19,21,23-24,37-39H,2,4-6,8,10,12-14,16-17H2,1H3,(H4,33,34,35). The van der Waals surface area contributed by atoms with Crippen molar-refractivity contribution in [2.75, 3.05) is 20.3 Å². The lowest BCUT2D eigenvalue weighted by Crippen LogP contribution is -2.29. The van der Waals surface area contributed by atoms with E-state index in [0.717, 1.165) is 42.4 Å². The molecule has 0 amide bonds. The van der Waals surface area contributed by atoms with Crippen molar-refractivity contribution in [2.24, 2.45) is 22.4 Å². The zero-order chi connectivity index (χ0) is 29.1. The van der Waals surface area contributed by atoms with Crippen molar-refractivity contribution >= 4 is 11.7 Å². The van der Waals surface area contributed by atoms with Crippen LogP contribution in [0.3, 0.4) is 0 Å². The number of nitrogens with two attached hydrogens (primary N) is 2. The molecule has 4 atom stereocenters. The number of ketones is 1. The van der Waals surface area contributed by atoms with Crippen LogP contribution in [0.4, 0.5) is 0 Å². The summed E-state index contributed by atoms with van der Waals surface area (Å²) in [5.41, 5.74) is 15.1. The fourth-order valence-corrected chi connectivity index (χ4v) is 6.73. The molecule has 0 aromatic heterocycles. The molecule has 3 aliphatic rings. The molecule has 0 spiro atoms. The van der Waals surface area contributed by atoms with Crippen molar-refractivity contribution in [2.45, 2.75) is 75.7 Å². The van der Waals surface area contributed by atoms with Crippen molar-refractivity contribution in [3.8, 4) is 34.8 Å². The number of aliphatic imine (C=N–C) groups is 1. The second-order valence-corrected chi connectivity index (χ2v) is 11.4. The molecular weight excluding hydrogens is 522 g/mol. The van der Waals surface area contributed by atoms with Gasteiger partial charge in [-0.2, -0.15) is 0 Å². The van der Waals surface area contributed by atoms with Gasteiger partial charge < -0.3 is 36.3 Å². The van der Waals surface area contributed by atoms with Gasteiger partial charge in [-0.05, 0) is 61.1 Å². The van der Waals surface area contributed by atoms with Gasteiger partial charge in [-0.3, -0.25) is 9.79 Å². The summed E-state index contributed by atoms with van der Waals surface area (Å²) in [5, 5.41) is 32.9. The number of Topliss-reactive ketones (excluding diaryl/α,β-unsaturated/α-hetero) is 1. The number of aryl methyl sites for hydroxylation is 1. The molecule has 5 rings (SSSR count). The van der Waals surface area contributed by atoms with Gasteiger partial charge in [0.25, 0.3) is 0 Å². The number of guanidine groups is 1. The molecule has 0 saturated heterocycles. The van der Waals surface area contributed by atoms with Crippen LogP contribution in [0.1, 0.15) is 84.6 Å². The molecule has 2 aliphatic carbocycles. The number of benzene rings is 2. The van der Waals surface area contributed by atoms with Gasteiger partial charge in [0.1, 0.15) is 5.78 Å². The predicted molar refractivity (Wildman–Crippen MR) is 156 cm³/mol. The first-order chi connectivity index (χ1) is 19.8. The predicted octanol–water partition coefficient (Wildman–Crippen LogP) is 3.38. The average Bonchev–Trinajstić information content (AvgIpc) is 3.10. The van der Waals surface area contributed by atoms with E-state index in [1.54, 1.807) is 6.07 Å². The fourth-order valence-electron chi connectivity index (χ4n) is 6.73. The van der Waals surface area contributed by atoms with Gasteiger partial charge in [0, 0.05) is 42.9 Å². The minimum absolute atomic E-state index is 0.0169. The van der Waals surface area contributed by atoms with Crippen molar-refractivity contribution in [1.29, 1.82) is 0 Å². The van der Waals surface area contributed by atoms with Crippen LogP contribution in [0.15, 0.2) is 23.2 Å². The summed E-state index contributed by atoms with van der Waals surface area (Å²) in [6.07, 6.45) is 4.17. The van der Waals surface area contributed by atoms with Gasteiger partial charge >= 0.3 is 0 Å². The molecule has 7 N–H and O–H groups in total. The van der Waals surface area contributed by atoms with E-state index in [1.807, 2.05) is 6.07 Å². The van der Waals surface area contributed by atoms with E-state index in [4.69, 9.17) is 20.9 Å². The van der Waals surface area contributed by atoms with Crippen molar-refractivity contribution in [3.63, 3.8) is 0 Å². The number of rotatable bonds is 4. The SMILES string of the molecule is COc1c(O)ccc2c1C#CCc1cc3c4c(c1O)OCC(CCN=C(N)N)C4CCCC3CC(O)CC(=O)CC2. The number of hydrogen-bond donors (Lipinski definition) is 5. The Kier molecular flexibility index (Phi) is 8.60. The summed E-state index contributed by atoms with van der Waals surface area (Å²) >= 11 is 0. The molecule has 0 saturated carbocycles. The third-order valence-corrected chi connectivity index (χ3v) is 8.70. The van der Waals surface area contributed by atoms with Crippen LogP contribution in [0, 0.1) is 17.8 Å². The quantitative estimate of drug-likeness (QED) is 0.216. The summed E-state index contributed by atoms with van der Waals surface area (Å²) in [5.74, 6) is 7.53. The van der Waals surface area contributed by atoms with Crippen LogP contribution in [0.25, 0.3) is 0 Å². The highest BCUT2D eigenvalue weighted by Gasteiger charge is 2.39. The second-order valence-electron chi connectivity index (χ2n) is 11.4. The first kappa shape index (κ1) is 28.6. The molecule has 4 unspecified atom stereocenters. The average molecular weight is 562 g/mol. The van der Waals surface area contributed by atoms with Crippen molar-refractivity contribution in [1.82, 2.24) is 0 Å². The zero-order valence-corrected chi connectivity index (χ0v) is 23.5. The zero-order valence-electron chi connectivity index (χ0n) is 23.5. The fraction of sp³-hybridized carbons (Fsp3) is 0.500. The maximum absolute atomic E-state index is 12.9. The number of methoxy groups -OCH3 is 1. The number of carbonyl (C=O) groups is 1. The molecule has 0 fully saturated rings. The lowest BCUT2D eigenvalue weighted by molar-refractivity contribution is -0.121. The highest BCUT2D eigenvalue weighted by molar-refractivity contribution is 5.79. The lowest BCUT2D eigenvalue weighted by Gasteiger charge is -2.35. The van der Waals surface area contributed by atoms with Crippen LogP contribution in [-0.2, 0) is 17.6 Å². The summed E-state index contributed by atoms with van der Waals surface area (Å²) in [6, 6.07) is 5.30. The Morgan fingerprint density at radius 1 is 1.20 bits per heavy atom. The molecule has 9 nitrogen and oxygen atoms in total. The highest BCUT2D eigenvalue weighted by Crippen LogP contribution is 2.53. The van der Waals surface area contributed by atoms with E-state index >= 15 is 0 Å². The van der Waals surface area contributed by atoms with Gasteiger partial charge in [0.15, 0.2) is 29.0 Å². The first-order valence-corrected chi connectivity index (χ1v) is 14.4. The minimum Gasteiger partial charge on any atom is -0.504 e. The molecule has 1 heterocycles. The van der Waals surface area contributed by atoms with E-state index in [0.29, 0.717) is 42.9 Å². The molecule has 2 bridgehead atoms. The Labute approximate surface area is 240 Å². The molecule has 9 heteroatoms. The van der Waals surface area contributed by atoms with Crippen molar-refractivity contribution < 1.29 is 29.6 Å². The summed E-state index contributed by atoms with van der Waals surface area (Å²) in [6.45, 7) is 0.952. The van der Waals surface area contributed by atoms with E-state index in [9.17, 15) is 20.1 Å². The Morgan fingerprint density at radius 3 is 2.80 bits per heavy atom. The topological polar surface area (TPSA) is 161 Å². The molecule has 2 aromatic rings. The van der Waals surface area contributed by atoms with Crippen LogP contribution in [0.5, 0.6) is 23.0 Å². The second kappa shape index (κ2) is 12.3. The maximum atomic E-state index is 12.9. The maximum Gasteiger partial charge on any atom is 0.185 e. The van der Waals surface area contributed by atoms with Gasteiger partial charge in [-0.25, -0.2) is 0 Å². The number of carbonyl (C=O) groups excluding carboxylic acids is 1. The normalized spacial score (nSPS) is 23.8. The van der Waals surface area contributed by atoms with Crippen LogP contribution in [-0.4, -0.2) is 53.4 Å². The number of aliphatic hydroxyl groups excluding tert-OH is 1. The number of ether oxygens (including phenoxy) is 2. The van der Waals surface area contributed by atoms with Crippen LogP contribution in [0.2, 0.25) is 0 Å². The molecular formula is C32H39N3O6. The molecule has 41 heavy (non-hydrogen) atoms. The van der Waals surface area contributed by atoms with E-state index in [-0.39, 0.29) is 66.0 Å². The van der Waals surface area contributed by atoms with E-state index < -0.39 is 6.10 Å². The number of phenols is 2. The Morgan fingerprint density at radius 2 is 2.02 bits per heavy atom. The van der Waals surface area contributed by atoms with Gasteiger partial charge in [-0.15, -0.1) is 0 Å². The first-order valence-electron chi connectivity index (χ1n) is 14.4. The number of hydrogen-bond acceptors (Lipinski definition) is 7. The summed E-state index contributed by atoms with van der Waals surface area (Å²) in [4.78, 5) is 17.1. The summed E-state index contributed by atoms with van der Waals surface area (Å²) < 4.78 is 11.7. The molecule has 0 radical (unpaired) electrons.